The van der Waals surface area contributed by atoms with E-state index in [9.17, 15) is 0 Å². The van der Waals surface area contributed by atoms with Crippen molar-refractivity contribution in [1.82, 2.24) is 4.98 Å². The fourth-order valence-electron chi connectivity index (χ4n) is 3.26. The van der Waals surface area contributed by atoms with Gasteiger partial charge >= 0.3 is 0 Å². The summed E-state index contributed by atoms with van der Waals surface area (Å²) in [5.74, 6) is 1.40. The molecule has 1 aromatic heterocycles. The van der Waals surface area contributed by atoms with E-state index < -0.39 is 0 Å². The zero-order valence-corrected chi connectivity index (χ0v) is 19.1. The van der Waals surface area contributed by atoms with E-state index in [1.54, 1.807) is 24.7 Å². The molecule has 0 spiro atoms. The number of hydrogen-bond acceptors (Lipinski definition) is 6. The van der Waals surface area contributed by atoms with Crippen LogP contribution in [0.15, 0.2) is 77.9 Å². The summed E-state index contributed by atoms with van der Waals surface area (Å²) in [6.07, 6.45) is 1.75. The molecular formula is C26H25N3O2S. The van der Waals surface area contributed by atoms with Gasteiger partial charge in [0, 0.05) is 5.56 Å². The fraction of sp³-hybridized carbons (Fsp3) is 0.154. The number of nitrogens with zero attached hydrogens (tertiary/aromatic N) is 2. The maximum atomic E-state index is 5.64. The third-order valence-electron chi connectivity index (χ3n) is 4.85. The Morgan fingerprint density at radius 3 is 2.47 bits per heavy atom. The van der Waals surface area contributed by atoms with Crippen LogP contribution in [0.1, 0.15) is 18.1 Å². The molecule has 0 bridgehead atoms. The third-order valence-corrected chi connectivity index (χ3v) is 5.86. The number of ether oxygens (including phenoxy) is 2. The van der Waals surface area contributed by atoms with Gasteiger partial charge in [-0.1, -0.05) is 71.5 Å². The fourth-order valence-corrected chi connectivity index (χ4v) is 4.21. The van der Waals surface area contributed by atoms with Crippen LogP contribution in [0.3, 0.4) is 0 Å². The van der Waals surface area contributed by atoms with Crippen LogP contribution in [-0.4, -0.2) is 24.9 Å². The summed E-state index contributed by atoms with van der Waals surface area (Å²) in [6.45, 7) is 4.60. The highest BCUT2D eigenvalue weighted by Crippen LogP contribution is 2.39. The summed E-state index contributed by atoms with van der Waals surface area (Å²) in [6, 6.07) is 24.4. The number of rotatable bonds is 8. The smallest absolute Gasteiger partial charge is 0.204 e. The minimum atomic E-state index is 0.568. The van der Waals surface area contributed by atoms with Crippen LogP contribution in [0.4, 0.5) is 5.13 Å². The first-order valence-corrected chi connectivity index (χ1v) is 11.2. The first kappa shape index (κ1) is 21.6. The van der Waals surface area contributed by atoms with Gasteiger partial charge in [-0.3, -0.25) is 5.43 Å². The van der Waals surface area contributed by atoms with Crippen LogP contribution in [-0.2, 0) is 0 Å². The van der Waals surface area contributed by atoms with E-state index in [0.717, 1.165) is 32.4 Å². The predicted octanol–water partition coefficient (Wildman–Crippen LogP) is 6.64. The van der Waals surface area contributed by atoms with E-state index in [0.29, 0.717) is 18.1 Å². The molecule has 0 atom stereocenters. The Labute approximate surface area is 192 Å². The van der Waals surface area contributed by atoms with Crippen molar-refractivity contribution in [2.45, 2.75) is 13.8 Å². The topological polar surface area (TPSA) is 55.7 Å². The molecular weight excluding hydrogens is 418 g/mol. The number of hydrogen-bond donors (Lipinski definition) is 1. The van der Waals surface area contributed by atoms with Crippen LogP contribution in [0.2, 0.25) is 0 Å². The summed E-state index contributed by atoms with van der Waals surface area (Å²) in [5.41, 5.74) is 8.38. The lowest BCUT2D eigenvalue weighted by molar-refractivity contribution is 0.311. The van der Waals surface area contributed by atoms with E-state index in [-0.39, 0.29) is 0 Å². The van der Waals surface area contributed by atoms with E-state index in [1.807, 2.05) is 43.3 Å². The lowest BCUT2D eigenvalue weighted by atomic mass is 10.1. The molecule has 32 heavy (non-hydrogen) atoms. The molecule has 0 radical (unpaired) electrons. The molecule has 0 amide bonds. The first-order chi connectivity index (χ1) is 15.7. The van der Waals surface area contributed by atoms with Gasteiger partial charge in [0.15, 0.2) is 11.5 Å². The van der Waals surface area contributed by atoms with Crippen LogP contribution in [0.25, 0.3) is 21.7 Å². The highest BCUT2D eigenvalue weighted by molar-refractivity contribution is 7.19. The van der Waals surface area contributed by atoms with Crippen molar-refractivity contribution in [3.8, 4) is 33.2 Å². The average Bonchev–Trinajstić information content (AvgIpc) is 3.25. The highest BCUT2D eigenvalue weighted by Gasteiger charge is 2.14. The number of thiazole rings is 1. The van der Waals surface area contributed by atoms with Crippen molar-refractivity contribution in [1.29, 1.82) is 0 Å². The molecule has 162 valence electrons. The maximum Gasteiger partial charge on any atom is 0.204 e. The highest BCUT2D eigenvalue weighted by atomic mass is 32.1. The molecule has 3 aromatic carbocycles. The van der Waals surface area contributed by atoms with E-state index >= 15 is 0 Å². The molecule has 1 heterocycles. The Hall–Kier alpha value is -3.64. The van der Waals surface area contributed by atoms with Crippen molar-refractivity contribution in [2.24, 2.45) is 5.10 Å². The number of nitrogens with one attached hydrogen (secondary N) is 1. The summed E-state index contributed by atoms with van der Waals surface area (Å²) < 4.78 is 11.0. The summed E-state index contributed by atoms with van der Waals surface area (Å²) >= 11 is 1.58. The third kappa shape index (κ3) is 4.98. The molecule has 4 rings (SSSR count). The Bertz CT molecular complexity index is 1200. The molecule has 0 aliphatic heterocycles. The number of aromatic nitrogens is 1. The molecule has 5 nitrogen and oxygen atoms in total. The lowest BCUT2D eigenvalue weighted by Gasteiger charge is -2.09. The van der Waals surface area contributed by atoms with Gasteiger partial charge in [-0.25, -0.2) is 4.98 Å². The normalized spacial score (nSPS) is 11.0. The number of methoxy groups -OCH3 is 1. The number of aryl methyl sites for hydroxylation is 1. The van der Waals surface area contributed by atoms with Gasteiger partial charge in [0.25, 0.3) is 0 Å². The molecule has 0 saturated heterocycles. The SMILES string of the molecule is CCOc1cc(/C=N\Nc2nc(-c3ccc(C)cc3)c(-c3ccccc3)s2)ccc1OC. The number of benzene rings is 3. The Balaban J connectivity index is 1.60. The quantitative estimate of drug-likeness (QED) is 0.245. The van der Waals surface area contributed by atoms with Crippen LogP contribution < -0.4 is 14.9 Å². The van der Waals surface area contributed by atoms with Crippen molar-refractivity contribution < 1.29 is 9.47 Å². The summed E-state index contributed by atoms with van der Waals surface area (Å²) in [7, 11) is 1.63. The van der Waals surface area contributed by atoms with Crippen LogP contribution in [0, 0.1) is 6.92 Å². The van der Waals surface area contributed by atoms with Gasteiger partial charge in [-0.15, -0.1) is 0 Å². The lowest BCUT2D eigenvalue weighted by Crippen LogP contribution is -1.97. The van der Waals surface area contributed by atoms with Crippen LogP contribution in [0.5, 0.6) is 11.5 Å². The molecule has 0 fully saturated rings. The van der Waals surface area contributed by atoms with Crippen molar-refractivity contribution in [2.75, 3.05) is 19.1 Å². The van der Waals surface area contributed by atoms with Gasteiger partial charge < -0.3 is 9.47 Å². The summed E-state index contributed by atoms with van der Waals surface area (Å²) in [4.78, 5) is 5.95. The standard InChI is InChI=1S/C26H25N3O2S/c1-4-31-23-16-19(12-15-22(23)30-3)17-27-29-26-28-24(20-13-10-18(2)11-14-20)25(32-26)21-8-6-5-7-9-21/h5-17H,4H2,1-3H3,(H,28,29)/b27-17-. The second-order valence-corrected chi connectivity index (χ2v) is 8.14. The minimum Gasteiger partial charge on any atom is -0.493 e. The van der Waals surface area contributed by atoms with Gasteiger partial charge in [0.2, 0.25) is 5.13 Å². The Morgan fingerprint density at radius 1 is 0.969 bits per heavy atom. The Morgan fingerprint density at radius 2 is 1.75 bits per heavy atom. The molecule has 6 heteroatoms. The number of hydrazone groups is 1. The van der Waals surface area contributed by atoms with Crippen molar-refractivity contribution >= 4 is 22.7 Å². The van der Waals surface area contributed by atoms with Gasteiger partial charge in [-0.2, -0.15) is 5.10 Å². The van der Waals surface area contributed by atoms with E-state index in [2.05, 4.69) is 53.8 Å². The van der Waals surface area contributed by atoms with E-state index in [4.69, 9.17) is 14.5 Å². The molecule has 0 aliphatic carbocycles. The van der Waals surface area contributed by atoms with Crippen molar-refractivity contribution in [3.05, 3.63) is 83.9 Å². The second-order valence-electron chi connectivity index (χ2n) is 7.14. The monoisotopic (exact) mass is 443 g/mol. The molecule has 4 aromatic rings. The van der Waals surface area contributed by atoms with Gasteiger partial charge in [0.1, 0.15) is 0 Å². The zero-order valence-electron chi connectivity index (χ0n) is 18.3. The van der Waals surface area contributed by atoms with E-state index in [1.165, 1.54) is 5.56 Å². The first-order valence-electron chi connectivity index (χ1n) is 10.4. The Kier molecular flexibility index (Phi) is 6.82. The zero-order chi connectivity index (χ0) is 22.3. The minimum absolute atomic E-state index is 0.568. The number of anilines is 1. The second kappa shape index (κ2) is 10.1. The maximum absolute atomic E-state index is 5.64. The molecule has 0 aliphatic rings. The average molecular weight is 444 g/mol. The van der Waals surface area contributed by atoms with Crippen LogP contribution >= 0.6 is 11.3 Å². The molecule has 0 unspecified atom stereocenters. The predicted molar refractivity (Wildman–Crippen MR) is 133 cm³/mol. The van der Waals surface area contributed by atoms with Gasteiger partial charge in [-0.05, 0) is 43.2 Å². The summed E-state index contributed by atoms with van der Waals surface area (Å²) in [5, 5.41) is 5.13. The largest absolute Gasteiger partial charge is 0.493 e. The van der Waals surface area contributed by atoms with Crippen molar-refractivity contribution in [3.63, 3.8) is 0 Å². The molecule has 1 N–H and O–H groups in total. The molecule has 0 saturated carbocycles. The van der Waals surface area contributed by atoms with Gasteiger partial charge in [0.05, 0.1) is 30.5 Å².